The third-order valence-corrected chi connectivity index (χ3v) is 17.0. The lowest BCUT2D eigenvalue weighted by Crippen LogP contribution is -2.30. The Balaban J connectivity index is 4.48. The molecule has 0 fully saturated rings. The molecule has 18 heteroatoms. The Morgan fingerprint density at radius 2 is 0.575 bits per heavy atom. The number of carbonyl (C=O) groups excluding carboxylic acids is 3. The van der Waals surface area contributed by atoms with E-state index in [0.717, 1.165) is 96.3 Å². The standard InChI is InChI=1S/C69H128O16P2/c1-4-7-10-13-16-19-22-25-26-27-28-29-30-31-32-33-34-35-36-39-41-43-46-49-52-55-67(72)79-58-64(70)59-81-86(75,76)82-60-65(71)61-83-87(77,78)84-63-66(85-69(74)57-54-51-48-45-42-38-24-21-18-15-12-9-6-3)62-80-68(73)56-53-50-47-44-40-37-23-20-17-14-11-8-5-2/h16,19,25-26,28-29,31-32,64-66,70-71H,4-15,17-18,20-24,27,30,33-63H2,1-3H3,(H,75,76)(H,77,78)/b19-16-,26-25-,29-28-,32-31-. The van der Waals surface area contributed by atoms with Crippen molar-refractivity contribution < 1.29 is 75.8 Å². The number of ether oxygens (including phenoxy) is 3. The second-order valence-electron chi connectivity index (χ2n) is 23.7. The highest BCUT2D eigenvalue weighted by Gasteiger charge is 2.29. The summed E-state index contributed by atoms with van der Waals surface area (Å²) in [5.74, 6) is -1.56. The fourth-order valence-corrected chi connectivity index (χ4v) is 11.3. The largest absolute Gasteiger partial charge is 0.472 e. The van der Waals surface area contributed by atoms with Crippen molar-refractivity contribution in [1.29, 1.82) is 0 Å². The fraction of sp³-hybridized carbons (Fsp3) is 0.841. The zero-order chi connectivity index (χ0) is 63.8. The molecule has 4 N–H and O–H groups in total. The van der Waals surface area contributed by atoms with E-state index in [4.69, 9.17) is 32.3 Å². The number of phosphoric ester groups is 2. The predicted molar refractivity (Wildman–Crippen MR) is 353 cm³/mol. The van der Waals surface area contributed by atoms with Crippen molar-refractivity contribution >= 4 is 33.6 Å². The average Bonchev–Trinajstić information content (AvgIpc) is 3.69. The molecule has 5 unspecified atom stereocenters. The molecule has 0 aliphatic heterocycles. The summed E-state index contributed by atoms with van der Waals surface area (Å²) in [6, 6.07) is 0. The minimum atomic E-state index is -4.91. The summed E-state index contributed by atoms with van der Waals surface area (Å²) < 4.78 is 60.8. The van der Waals surface area contributed by atoms with Crippen molar-refractivity contribution in [2.24, 2.45) is 0 Å². The number of esters is 3. The molecule has 0 radical (unpaired) electrons. The highest BCUT2D eigenvalue weighted by Crippen LogP contribution is 2.45. The Bertz CT molecular complexity index is 1790. The molecule has 0 spiro atoms. The maximum Gasteiger partial charge on any atom is 0.472 e. The van der Waals surface area contributed by atoms with Gasteiger partial charge in [0.2, 0.25) is 0 Å². The summed E-state index contributed by atoms with van der Waals surface area (Å²) in [6.07, 6.45) is 63.1. The lowest BCUT2D eigenvalue weighted by Gasteiger charge is -2.21. The van der Waals surface area contributed by atoms with Crippen LogP contribution in [0, 0.1) is 0 Å². The molecule has 0 aromatic carbocycles. The summed E-state index contributed by atoms with van der Waals surface area (Å²) in [7, 11) is -9.75. The van der Waals surface area contributed by atoms with E-state index in [9.17, 15) is 43.5 Å². The van der Waals surface area contributed by atoms with Gasteiger partial charge < -0.3 is 34.2 Å². The van der Waals surface area contributed by atoms with Gasteiger partial charge in [-0.1, -0.05) is 281 Å². The van der Waals surface area contributed by atoms with Crippen molar-refractivity contribution in [3.05, 3.63) is 48.6 Å². The van der Waals surface area contributed by atoms with Crippen molar-refractivity contribution in [3.8, 4) is 0 Å². The molecule has 0 saturated carbocycles. The summed E-state index contributed by atoms with van der Waals surface area (Å²) in [5, 5.41) is 20.5. The molecule has 0 amide bonds. The smallest absolute Gasteiger partial charge is 0.463 e. The normalized spacial score (nSPS) is 14.5. The number of unbranched alkanes of at least 4 members (excludes halogenated alkanes) is 36. The first-order chi connectivity index (χ1) is 42.2. The molecule has 0 aromatic heterocycles. The van der Waals surface area contributed by atoms with Crippen LogP contribution >= 0.6 is 15.6 Å². The molecule has 0 aliphatic rings. The molecule has 0 heterocycles. The molecule has 16 nitrogen and oxygen atoms in total. The summed E-state index contributed by atoms with van der Waals surface area (Å²) in [6.45, 7) is 2.68. The van der Waals surface area contributed by atoms with Crippen LogP contribution in [0.4, 0.5) is 0 Å². The molecule has 0 aliphatic carbocycles. The number of hydrogen-bond acceptors (Lipinski definition) is 14. The minimum absolute atomic E-state index is 0.113. The molecule has 5 atom stereocenters. The van der Waals surface area contributed by atoms with Gasteiger partial charge in [0.05, 0.1) is 26.4 Å². The maximum absolute atomic E-state index is 12.9. The molecule has 510 valence electrons. The van der Waals surface area contributed by atoms with Gasteiger partial charge in [-0.05, 0) is 64.2 Å². The van der Waals surface area contributed by atoms with E-state index in [2.05, 4.69) is 69.4 Å². The Kier molecular flexibility index (Phi) is 61.8. The highest BCUT2D eigenvalue weighted by molar-refractivity contribution is 7.47. The SMILES string of the molecule is CCCCC/C=C\C/C=C\C/C=C\C/C=C\CCCCCCCCCCCC(=O)OCC(O)COP(=O)(O)OCC(O)COP(=O)(O)OCC(COC(=O)CCCCCCCCCCCCCCC)OC(=O)CCCCCCCCCCCCCCC. The summed E-state index contributed by atoms with van der Waals surface area (Å²) >= 11 is 0. The van der Waals surface area contributed by atoms with E-state index in [-0.39, 0.29) is 19.3 Å². The first-order valence-electron chi connectivity index (χ1n) is 34.9. The van der Waals surface area contributed by atoms with Gasteiger partial charge in [-0.15, -0.1) is 0 Å². The van der Waals surface area contributed by atoms with Crippen LogP contribution in [0.3, 0.4) is 0 Å². The molecule has 0 bridgehead atoms. The molecule has 87 heavy (non-hydrogen) atoms. The van der Waals surface area contributed by atoms with Gasteiger partial charge in [-0.2, -0.15) is 0 Å². The molecule has 0 rings (SSSR count). The first kappa shape index (κ1) is 84.5. The predicted octanol–water partition coefficient (Wildman–Crippen LogP) is 19.2. The van der Waals surface area contributed by atoms with Gasteiger partial charge in [0.25, 0.3) is 0 Å². The van der Waals surface area contributed by atoms with Gasteiger partial charge >= 0.3 is 33.6 Å². The van der Waals surface area contributed by atoms with Crippen molar-refractivity contribution in [3.63, 3.8) is 0 Å². The number of aliphatic hydroxyl groups is 2. The zero-order valence-electron chi connectivity index (χ0n) is 55.2. The lowest BCUT2D eigenvalue weighted by molar-refractivity contribution is -0.161. The molecular weight excluding hydrogens is 1150 g/mol. The number of allylic oxidation sites excluding steroid dienone is 8. The topological polar surface area (TPSA) is 231 Å². The Labute approximate surface area is 529 Å². The Morgan fingerprint density at radius 1 is 0.322 bits per heavy atom. The third-order valence-electron chi connectivity index (χ3n) is 15.1. The Hall–Kier alpha value is -2.49. The van der Waals surface area contributed by atoms with E-state index in [1.54, 1.807) is 0 Å². The van der Waals surface area contributed by atoms with E-state index < -0.39 is 91.5 Å². The fourth-order valence-electron chi connectivity index (χ4n) is 9.67. The molecule has 0 saturated heterocycles. The lowest BCUT2D eigenvalue weighted by atomic mass is 10.0. The van der Waals surface area contributed by atoms with Crippen LogP contribution in [0.15, 0.2) is 48.6 Å². The van der Waals surface area contributed by atoms with Crippen molar-refractivity contribution in [1.82, 2.24) is 0 Å². The molecular formula is C69H128O16P2. The number of hydrogen-bond donors (Lipinski definition) is 4. The minimum Gasteiger partial charge on any atom is -0.463 e. The zero-order valence-corrected chi connectivity index (χ0v) is 57.0. The molecule has 0 aromatic rings. The van der Waals surface area contributed by atoms with E-state index >= 15 is 0 Å². The van der Waals surface area contributed by atoms with Crippen LogP contribution in [-0.4, -0.2) is 95.9 Å². The van der Waals surface area contributed by atoms with Crippen LogP contribution < -0.4 is 0 Å². The summed E-state index contributed by atoms with van der Waals surface area (Å²) in [4.78, 5) is 58.3. The quantitative estimate of drug-likeness (QED) is 0.0146. The monoisotopic (exact) mass is 1270 g/mol. The van der Waals surface area contributed by atoms with Gasteiger partial charge in [-0.3, -0.25) is 32.5 Å². The van der Waals surface area contributed by atoms with Crippen LogP contribution in [0.1, 0.15) is 316 Å². The average molecular weight is 1280 g/mol. The second-order valence-corrected chi connectivity index (χ2v) is 26.6. The van der Waals surface area contributed by atoms with Crippen LogP contribution in [-0.2, 0) is 55.8 Å². The van der Waals surface area contributed by atoms with Crippen LogP contribution in [0.25, 0.3) is 0 Å². The van der Waals surface area contributed by atoms with E-state index in [1.807, 2.05) is 0 Å². The number of rotatable bonds is 67. The number of aliphatic hydroxyl groups excluding tert-OH is 2. The number of phosphoric acid groups is 2. The van der Waals surface area contributed by atoms with Crippen molar-refractivity contribution in [2.75, 3.05) is 39.6 Å². The van der Waals surface area contributed by atoms with Crippen molar-refractivity contribution in [2.45, 2.75) is 334 Å². The third kappa shape index (κ3) is 64.8. The van der Waals surface area contributed by atoms with Gasteiger partial charge in [0.1, 0.15) is 25.4 Å². The summed E-state index contributed by atoms with van der Waals surface area (Å²) in [5.41, 5.74) is 0. The van der Waals surface area contributed by atoms with Gasteiger partial charge in [-0.25, -0.2) is 9.13 Å². The second kappa shape index (κ2) is 63.6. The van der Waals surface area contributed by atoms with E-state index in [0.29, 0.717) is 19.3 Å². The van der Waals surface area contributed by atoms with Gasteiger partial charge in [0, 0.05) is 19.3 Å². The number of carbonyl (C=O) groups is 3. The maximum atomic E-state index is 12.9. The van der Waals surface area contributed by atoms with Crippen LogP contribution in [0.5, 0.6) is 0 Å². The van der Waals surface area contributed by atoms with Crippen LogP contribution in [0.2, 0.25) is 0 Å². The highest BCUT2D eigenvalue weighted by atomic mass is 31.2. The van der Waals surface area contributed by atoms with E-state index in [1.165, 1.54) is 161 Å². The first-order valence-corrected chi connectivity index (χ1v) is 37.9. The Morgan fingerprint density at radius 3 is 0.931 bits per heavy atom. The van der Waals surface area contributed by atoms with Gasteiger partial charge in [0.15, 0.2) is 6.10 Å².